The van der Waals surface area contributed by atoms with Gasteiger partial charge in [0.1, 0.15) is 6.61 Å². The molecule has 0 rings (SSSR count). The summed E-state index contributed by atoms with van der Waals surface area (Å²) in [6, 6.07) is 0. The van der Waals surface area contributed by atoms with Crippen molar-refractivity contribution in [2.24, 2.45) is 5.92 Å². The maximum atomic E-state index is 12.4. The fourth-order valence-electron chi connectivity index (χ4n) is 6.50. The summed E-state index contributed by atoms with van der Waals surface area (Å²) in [7, 11) is -4.78. The number of hydrogen-bond acceptors (Lipinski definition) is 7. The number of esters is 2. The van der Waals surface area contributed by atoms with Crippen molar-refractivity contribution in [2.75, 3.05) is 13.2 Å². The van der Waals surface area contributed by atoms with Gasteiger partial charge in [0.25, 0.3) is 0 Å². The fraction of sp³-hybridized carbons (Fsp3) is 0.792. The first-order valence-electron chi connectivity index (χ1n) is 23.4. The van der Waals surface area contributed by atoms with Crippen LogP contribution in [0.3, 0.4) is 0 Å². The molecule has 10 heteroatoms. The van der Waals surface area contributed by atoms with Gasteiger partial charge in [-0.05, 0) is 63.7 Å². The molecular formula is C48H87O9P. The van der Waals surface area contributed by atoms with Crippen molar-refractivity contribution in [2.45, 2.75) is 226 Å². The molecule has 0 saturated carbocycles. The molecule has 0 spiro atoms. The zero-order valence-corrected chi connectivity index (χ0v) is 38.1. The van der Waals surface area contributed by atoms with E-state index < -0.39 is 32.5 Å². The quantitative estimate of drug-likeness (QED) is 0.0237. The summed E-state index contributed by atoms with van der Waals surface area (Å²) >= 11 is 0. The van der Waals surface area contributed by atoms with Gasteiger partial charge in [-0.15, -0.1) is 0 Å². The summed E-state index contributed by atoms with van der Waals surface area (Å²) in [6.45, 7) is 5.77. The smallest absolute Gasteiger partial charge is 0.462 e. The van der Waals surface area contributed by atoms with Gasteiger partial charge in [-0.3, -0.25) is 14.1 Å². The van der Waals surface area contributed by atoms with E-state index in [4.69, 9.17) is 19.3 Å². The van der Waals surface area contributed by atoms with Crippen LogP contribution in [0.25, 0.3) is 0 Å². The number of carbonyl (C=O) groups excluding carboxylic acids is 2. The fourth-order valence-corrected chi connectivity index (χ4v) is 6.86. The summed E-state index contributed by atoms with van der Waals surface area (Å²) in [4.78, 5) is 42.9. The number of allylic oxidation sites excluding steroid dienone is 8. The Morgan fingerprint density at radius 1 is 0.534 bits per heavy atom. The summed E-state index contributed by atoms with van der Waals surface area (Å²) in [5, 5.41) is 9.55. The number of phosphoric acid groups is 1. The molecule has 0 aromatic heterocycles. The molecule has 0 aliphatic heterocycles. The second kappa shape index (κ2) is 41.7. The predicted octanol–water partition coefficient (Wildman–Crippen LogP) is 13.5. The van der Waals surface area contributed by atoms with E-state index in [0.29, 0.717) is 19.3 Å². The Morgan fingerprint density at radius 3 is 1.43 bits per heavy atom. The lowest BCUT2D eigenvalue weighted by Gasteiger charge is -2.18. The molecule has 1 unspecified atom stereocenters. The second-order valence-electron chi connectivity index (χ2n) is 16.1. The van der Waals surface area contributed by atoms with Gasteiger partial charge < -0.3 is 24.4 Å². The van der Waals surface area contributed by atoms with E-state index in [1.165, 1.54) is 103 Å². The summed E-state index contributed by atoms with van der Waals surface area (Å²) in [5.41, 5.74) is 0. The van der Waals surface area contributed by atoms with Gasteiger partial charge >= 0.3 is 19.8 Å². The van der Waals surface area contributed by atoms with Crippen LogP contribution in [0.1, 0.15) is 213 Å². The number of ether oxygens (including phenoxy) is 2. The molecular weight excluding hydrogens is 751 g/mol. The minimum Gasteiger partial charge on any atom is -0.462 e. The van der Waals surface area contributed by atoms with Crippen molar-refractivity contribution in [3.05, 3.63) is 48.6 Å². The highest BCUT2D eigenvalue weighted by molar-refractivity contribution is 7.46. The Hall–Kier alpha value is -2.03. The topological polar surface area (TPSA) is 140 Å². The van der Waals surface area contributed by atoms with Crippen molar-refractivity contribution < 1.29 is 43.0 Å². The number of aliphatic hydroxyl groups is 1. The number of carbonyl (C=O) groups is 2. The van der Waals surface area contributed by atoms with Crippen LogP contribution in [-0.4, -0.2) is 52.3 Å². The third kappa shape index (κ3) is 43.5. The van der Waals surface area contributed by atoms with E-state index in [1.807, 2.05) is 13.0 Å². The van der Waals surface area contributed by atoms with Crippen LogP contribution in [0, 0.1) is 5.92 Å². The lowest BCUT2D eigenvalue weighted by molar-refractivity contribution is -0.161. The van der Waals surface area contributed by atoms with Gasteiger partial charge in [-0.25, -0.2) is 4.57 Å². The van der Waals surface area contributed by atoms with Crippen LogP contribution in [0.2, 0.25) is 0 Å². The van der Waals surface area contributed by atoms with E-state index in [-0.39, 0.29) is 25.6 Å². The van der Waals surface area contributed by atoms with Crippen LogP contribution in [0.15, 0.2) is 48.6 Å². The zero-order valence-electron chi connectivity index (χ0n) is 37.2. The Kier molecular flexibility index (Phi) is 40.2. The molecule has 0 heterocycles. The Labute approximate surface area is 355 Å². The lowest BCUT2D eigenvalue weighted by atomic mass is 9.99. The Balaban J connectivity index is 3.93. The third-order valence-corrected chi connectivity index (χ3v) is 11.0. The van der Waals surface area contributed by atoms with Gasteiger partial charge in [0.15, 0.2) is 6.10 Å². The standard InChI is InChI=1S/C48H87O9P/c1-4-44(3)38-34-30-26-22-18-14-10-8-6-7-9-11-17-21-25-29-33-37-41-48(51)57-46(43-56-58(52,53)54)42-55-47(50)40-36-32-28-24-20-16-13-12-15-19-23-27-31-35-39-45(49)5-2/h13,15-16,19,24,27-28,31,44-46,49H,4-12,14,17-18,20-23,25-26,29-30,32-43H2,1-3H3,(H2,52,53,54)/b16-13-,19-15-,28-24-,31-27-/t44?,45-,46+/m0/s1. The minimum atomic E-state index is -4.78. The van der Waals surface area contributed by atoms with Gasteiger partial charge in [-0.2, -0.15) is 0 Å². The Bertz CT molecular complexity index is 1110. The molecule has 3 atom stereocenters. The number of hydrogen-bond donors (Lipinski definition) is 3. The van der Waals surface area contributed by atoms with E-state index in [2.05, 4.69) is 60.9 Å². The minimum absolute atomic E-state index is 0.178. The van der Waals surface area contributed by atoms with Crippen molar-refractivity contribution in [1.82, 2.24) is 0 Å². The number of phosphoric ester groups is 1. The third-order valence-electron chi connectivity index (χ3n) is 10.6. The first kappa shape index (κ1) is 56.0. The molecule has 0 amide bonds. The number of rotatable bonds is 42. The molecule has 0 fully saturated rings. The molecule has 0 bridgehead atoms. The molecule has 0 aromatic carbocycles. The summed E-state index contributed by atoms with van der Waals surface area (Å²) in [5.74, 6) is -0.0680. The second-order valence-corrected chi connectivity index (χ2v) is 17.4. The van der Waals surface area contributed by atoms with Crippen molar-refractivity contribution >= 4 is 19.8 Å². The summed E-state index contributed by atoms with van der Waals surface area (Å²) in [6.07, 6.45) is 47.8. The highest BCUT2D eigenvalue weighted by atomic mass is 31.2. The molecule has 0 aliphatic rings. The van der Waals surface area contributed by atoms with Gasteiger partial charge in [0.2, 0.25) is 0 Å². The average molecular weight is 839 g/mol. The molecule has 3 N–H and O–H groups in total. The highest BCUT2D eigenvalue weighted by Gasteiger charge is 2.23. The predicted molar refractivity (Wildman–Crippen MR) is 240 cm³/mol. The molecule has 9 nitrogen and oxygen atoms in total. The van der Waals surface area contributed by atoms with E-state index in [0.717, 1.165) is 63.7 Å². The van der Waals surface area contributed by atoms with Crippen LogP contribution in [0.4, 0.5) is 0 Å². The number of aliphatic hydroxyl groups excluding tert-OH is 1. The first-order valence-corrected chi connectivity index (χ1v) is 24.9. The van der Waals surface area contributed by atoms with Crippen molar-refractivity contribution in [1.29, 1.82) is 0 Å². The summed E-state index contributed by atoms with van der Waals surface area (Å²) < 4.78 is 26.4. The van der Waals surface area contributed by atoms with Gasteiger partial charge in [-0.1, -0.05) is 191 Å². The largest absolute Gasteiger partial charge is 0.469 e. The number of unbranched alkanes of at least 4 members (excludes halogenated alkanes) is 18. The van der Waals surface area contributed by atoms with Crippen molar-refractivity contribution in [3.8, 4) is 0 Å². The highest BCUT2D eigenvalue weighted by Crippen LogP contribution is 2.36. The Morgan fingerprint density at radius 2 is 0.966 bits per heavy atom. The first-order chi connectivity index (χ1) is 28.1. The van der Waals surface area contributed by atoms with Crippen LogP contribution >= 0.6 is 7.82 Å². The van der Waals surface area contributed by atoms with Gasteiger partial charge in [0.05, 0.1) is 12.7 Å². The monoisotopic (exact) mass is 839 g/mol. The molecule has 0 saturated heterocycles. The van der Waals surface area contributed by atoms with Crippen LogP contribution in [-0.2, 0) is 28.2 Å². The normalized spacial score (nSPS) is 14.0. The average Bonchev–Trinajstić information content (AvgIpc) is 3.20. The van der Waals surface area contributed by atoms with Crippen molar-refractivity contribution in [3.63, 3.8) is 0 Å². The zero-order chi connectivity index (χ0) is 42.8. The molecule has 0 aromatic rings. The maximum absolute atomic E-state index is 12.4. The maximum Gasteiger partial charge on any atom is 0.469 e. The van der Waals surface area contributed by atoms with Gasteiger partial charge in [0, 0.05) is 12.8 Å². The van der Waals surface area contributed by atoms with Crippen LogP contribution in [0.5, 0.6) is 0 Å². The van der Waals surface area contributed by atoms with Crippen LogP contribution < -0.4 is 0 Å². The molecule has 338 valence electrons. The van der Waals surface area contributed by atoms with E-state index in [1.54, 1.807) is 0 Å². The SMILES string of the molecule is CCC(C)CCCCCCCCCCCCCCCCCCCCC(=O)O[C@H](COC(=O)CCC/C=C\C/C=C\C/C=C\C/C=C\CC[C@@H](O)CC)COP(=O)(O)O. The van der Waals surface area contributed by atoms with E-state index in [9.17, 15) is 19.3 Å². The molecule has 58 heavy (non-hydrogen) atoms. The molecule has 0 radical (unpaired) electrons. The molecule has 0 aliphatic carbocycles. The van der Waals surface area contributed by atoms with E-state index >= 15 is 0 Å². The lowest BCUT2D eigenvalue weighted by Crippen LogP contribution is -2.29.